The zero-order valence-electron chi connectivity index (χ0n) is 15.1. The second kappa shape index (κ2) is 8.35. The highest BCUT2D eigenvalue weighted by molar-refractivity contribution is 5.91. The van der Waals surface area contributed by atoms with Crippen LogP contribution in [0.1, 0.15) is 12.5 Å². The fraction of sp³-hybridized carbons (Fsp3) is 0.250. The molecule has 3 rings (SSSR count). The number of aliphatic hydroxyl groups is 1. The maximum atomic E-state index is 14.2. The minimum Gasteiger partial charge on any atom is -0.449 e. The molecule has 0 saturated heterocycles. The van der Waals surface area contributed by atoms with E-state index in [0.29, 0.717) is 22.2 Å². The standard InChI is InChI=1S/C20H19F3N2O3/c1-11(10-26)24-20(27)28-7-6-15-16-8-14(22)9-17(23)19(16)25-18(15)12-2-4-13(21)5-3-12/h2-5,8-9,11,25-26H,6-7,10H2,1H3,(H,24,27)/t11-/m1/s1. The average molecular weight is 392 g/mol. The number of amides is 1. The molecular formula is C20H19F3N2O3. The predicted molar refractivity (Wildman–Crippen MR) is 98.3 cm³/mol. The molecule has 148 valence electrons. The van der Waals surface area contributed by atoms with Gasteiger partial charge in [-0.2, -0.15) is 0 Å². The van der Waals surface area contributed by atoms with Crippen LogP contribution >= 0.6 is 0 Å². The van der Waals surface area contributed by atoms with Gasteiger partial charge in [-0.15, -0.1) is 0 Å². The highest BCUT2D eigenvalue weighted by Crippen LogP contribution is 2.32. The monoisotopic (exact) mass is 392 g/mol. The van der Waals surface area contributed by atoms with Gasteiger partial charge < -0.3 is 20.1 Å². The largest absolute Gasteiger partial charge is 0.449 e. The van der Waals surface area contributed by atoms with Gasteiger partial charge in [0.25, 0.3) is 0 Å². The number of aromatic amines is 1. The molecular weight excluding hydrogens is 373 g/mol. The highest BCUT2D eigenvalue weighted by Gasteiger charge is 2.18. The van der Waals surface area contributed by atoms with Crippen LogP contribution in [-0.4, -0.2) is 35.4 Å². The molecule has 5 nitrogen and oxygen atoms in total. The average Bonchev–Trinajstić information content (AvgIpc) is 3.01. The number of hydrogen-bond acceptors (Lipinski definition) is 3. The first kappa shape index (κ1) is 19.8. The van der Waals surface area contributed by atoms with Crippen molar-refractivity contribution in [1.82, 2.24) is 10.3 Å². The quantitative estimate of drug-likeness (QED) is 0.596. The number of hydrogen-bond donors (Lipinski definition) is 3. The second-order valence-corrected chi connectivity index (χ2v) is 6.41. The summed E-state index contributed by atoms with van der Waals surface area (Å²) in [6.07, 6.45) is -0.529. The van der Waals surface area contributed by atoms with Crippen molar-refractivity contribution in [2.75, 3.05) is 13.2 Å². The van der Waals surface area contributed by atoms with E-state index >= 15 is 0 Å². The number of benzene rings is 2. The molecule has 1 aromatic heterocycles. The van der Waals surface area contributed by atoms with E-state index in [1.54, 1.807) is 6.92 Å². The van der Waals surface area contributed by atoms with Crippen LogP contribution in [0.3, 0.4) is 0 Å². The number of carbonyl (C=O) groups is 1. The van der Waals surface area contributed by atoms with Gasteiger partial charge in [0.15, 0.2) is 0 Å². The summed E-state index contributed by atoms with van der Waals surface area (Å²) >= 11 is 0. The Hall–Kier alpha value is -3.00. The fourth-order valence-electron chi connectivity index (χ4n) is 2.93. The van der Waals surface area contributed by atoms with Crippen LogP contribution in [0.5, 0.6) is 0 Å². The Morgan fingerprint density at radius 1 is 1.18 bits per heavy atom. The zero-order valence-corrected chi connectivity index (χ0v) is 15.1. The summed E-state index contributed by atoms with van der Waals surface area (Å²) in [6.45, 7) is 1.33. The molecule has 0 aliphatic heterocycles. The molecule has 1 amide bonds. The van der Waals surface area contributed by atoms with Crippen LogP contribution in [0.4, 0.5) is 18.0 Å². The summed E-state index contributed by atoms with van der Waals surface area (Å²) in [7, 11) is 0. The Labute approximate surface area is 159 Å². The van der Waals surface area contributed by atoms with Gasteiger partial charge in [-0.25, -0.2) is 18.0 Å². The SMILES string of the molecule is C[C@H](CO)NC(=O)OCCc1c(-c2ccc(F)cc2)[nH]c2c(F)cc(F)cc12. The number of rotatable bonds is 6. The van der Waals surface area contributed by atoms with Crippen LogP contribution < -0.4 is 5.32 Å². The molecule has 0 radical (unpaired) electrons. The van der Waals surface area contributed by atoms with Crippen LogP contribution in [-0.2, 0) is 11.2 Å². The molecule has 3 aromatic rings. The van der Waals surface area contributed by atoms with Crippen molar-refractivity contribution in [3.63, 3.8) is 0 Å². The molecule has 0 aliphatic carbocycles. The van der Waals surface area contributed by atoms with Gasteiger partial charge in [-0.1, -0.05) is 0 Å². The van der Waals surface area contributed by atoms with Gasteiger partial charge in [0, 0.05) is 23.6 Å². The molecule has 2 aromatic carbocycles. The van der Waals surface area contributed by atoms with E-state index in [9.17, 15) is 18.0 Å². The summed E-state index contributed by atoms with van der Waals surface area (Å²) < 4.78 is 46.3. The molecule has 8 heteroatoms. The third kappa shape index (κ3) is 4.28. The minimum atomic E-state index is -0.750. The van der Waals surface area contributed by atoms with Gasteiger partial charge >= 0.3 is 6.09 Å². The van der Waals surface area contributed by atoms with Crippen molar-refractivity contribution in [3.05, 3.63) is 59.4 Å². The molecule has 0 spiro atoms. The maximum Gasteiger partial charge on any atom is 0.407 e. The van der Waals surface area contributed by atoms with Gasteiger partial charge in [-0.05, 0) is 48.4 Å². The van der Waals surface area contributed by atoms with E-state index in [-0.39, 0.29) is 25.2 Å². The number of carbonyl (C=O) groups excluding carboxylic acids is 1. The molecule has 0 fully saturated rings. The van der Waals surface area contributed by atoms with Gasteiger partial charge in [0.2, 0.25) is 0 Å². The van der Waals surface area contributed by atoms with Crippen molar-refractivity contribution < 1.29 is 27.8 Å². The smallest absolute Gasteiger partial charge is 0.407 e. The Bertz CT molecular complexity index is 987. The number of aromatic nitrogens is 1. The Balaban J connectivity index is 1.91. The van der Waals surface area contributed by atoms with E-state index < -0.39 is 29.6 Å². The lowest BCUT2D eigenvalue weighted by molar-refractivity contribution is 0.138. The number of ether oxygens (including phenoxy) is 1. The fourth-order valence-corrected chi connectivity index (χ4v) is 2.93. The predicted octanol–water partition coefficient (Wildman–Crippen LogP) is 3.90. The third-order valence-corrected chi connectivity index (χ3v) is 4.29. The number of alkyl carbamates (subject to hydrolysis) is 1. The summed E-state index contributed by atoms with van der Waals surface area (Å²) in [5.74, 6) is -1.90. The molecule has 0 aliphatic rings. The highest BCUT2D eigenvalue weighted by atomic mass is 19.1. The summed E-state index contributed by atoms with van der Waals surface area (Å²) in [4.78, 5) is 14.6. The van der Waals surface area contributed by atoms with E-state index in [1.807, 2.05) is 0 Å². The first-order valence-corrected chi connectivity index (χ1v) is 8.68. The van der Waals surface area contributed by atoms with Crippen LogP contribution in [0, 0.1) is 17.5 Å². The number of H-pyrrole nitrogens is 1. The first-order chi connectivity index (χ1) is 13.4. The van der Waals surface area contributed by atoms with Crippen LogP contribution in [0.25, 0.3) is 22.2 Å². The lowest BCUT2D eigenvalue weighted by atomic mass is 10.0. The third-order valence-electron chi connectivity index (χ3n) is 4.29. The lowest BCUT2D eigenvalue weighted by Crippen LogP contribution is -2.35. The lowest BCUT2D eigenvalue weighted by Gasteiger charge is -2.11. The Kier molecular flexibility index (Phi) is 5.89. The summed E-state index contributed by atoms with van der Waals surface area (Å²) in [6, 6.07) is 7.09. The summed E-state index contributed by atoms with van der Waals surface area (Å²) in [5.41, 5.74) is 1.75. The van der Waals surface area contributed by atoms with Crippen molar-refractivity contribution in [2.45, 2.75) is 19.4 Å². The minimum absolute atomic E-state index is 0.0523. The molecule has 0 unspecified atom stereocenters. The number of nitrogens with one attached hydrogen (secondary N) is 2. The molecule has 28 heavy (non-hydrogen) atoms. The van der Waals surface area contributed by atoms with E-state index in [0.717, 1.165) is 6.07 Å². The molecule has 1 atom stereocenters. The molecule has 1 heterocycles. The Morgan fingerprint density at radius 3 is 2.57 bits per heavy atom. The van der Waals surface area contributed by atoms with E-state index in [2.05, 4.69) is 10.3 Å². The van der Waals surface area contributed by atoms with Gasteiger partial charge in [-0.3, -0.25) is 0 Å². The maximum absolute atomic E-state index is 14.2. The number of halogens is 3. The molecule has 0 saturated carbocycles. The zero-order chi connectivity index (χ0) is 20.3. The van der Waals surface area contributed by atoms with Crippen LogP contribution in [0.15, 0.2) is 36.4 Å². The Morgan fingerprint density at radius 2 is 1.89 bits per heavy atom. The molecule has 0 bridgehead atoms. The van der Waals surface area contributed by atoms with Crippen molar-refractivity contribution in [1.29, 1.82) is 0 Å². The van der Waals surface area contributed by atoms with Crippen LogP contribution in [0.2, 0.25) is 0 Å². The summed E-state index contributed by atoms with van der Waals surface area (Å²) in [5, 5.41) is 11.7. The molecule has 3 N–H and O–H groups in total. The van der Waals surface area contributed by atoms with Crippen molar-refractivity contribution in [2.24, 2.45) is 0 Å². The van der Waals surface area contributed by atoms with Gasteiger partial charge in [0.05, 0.1) is 24.8 Å². The first-order valence-electron chi connectivity index (χ1n) is 8.68. The normalized spacial score (nSPS) is 12.2. The van der Waals surface area contributed by atoms with E-state index in [4.69, 9.17) is 9.84 Å². The van der Waals surface area contributed by atoms with Gasteiger partial charge in [0.1, 0.15) is 17.5 Å². The number of fused-ring (bicyclic) bond motifs is 1. The number of aliphatic hydroxyl groups excluding tert-OH is 1. The second-order valence-electron chi connectivity index (χ2n) is 6.41. The topological polar surface area (TPSA) is 74.3 Å². The van der Waals surface area contributed by atoms with Crippen molar-refractivity contribution in [3.8, 4) is 11.3 Å². The van der Waals surface area contributed by atoms with Crippen molar-refractivity contribution >= 4 is 17.0 Å². The van der Waals surface area contributed by atoms with E-state index in [1.165, 1.54) is 30.3 Å².